The average Bonchev–Trinajstić information content (AvgIpc) is 3.33. The number of aryl methyl sites for hydroxylation is 1. The number of rotatable bonds is 10. The van der Waals surface area contributed by atoms with Gasteiger partial charge in [-0.15, -0.1) is 0 Å². The number of amides is 1. The van der Waals surface area contributed by atoms with Crippen molar-refractivity contribution in [1.82, 2.24) is 9.13 Å². The molecule has 1 aliphatic rings. The SMILES string of the molecule is CCCOCn1c(=NC(=O)c2cccc(C(F)(F)F)c2)n(CCCOC(C)=O)c2ccc(B3OC(C)(C)C(C)(C)O3)cc21. The minimum absolute atomic E-state index is 0.0306. The highest BCUT2D eigenvalue weighted by molar-refractivity contribution is 6.62. The number of carbonyl (C=O) groups excluding carboxylic acids is 2. The van der Waals surface area contributed by atoms with Crippen LogP contribution in [0.5, 0.6) is 0 Å². The smallest absolute Gasteiger partial charge is 0.466 e. The van der Waals surface area contributed by atoms with Crippen molar-refractivity contribution in [3.8, 4) is 0 Å². The number of benzene rings is 2. The van der Waals surface area contributed by atoms with Crippen LogP contribution in [0.4, 0.5) is 13.2 Å². The third-order valence-corrected chi connectivity index (χ3v) is 7.63. The van der Waals surface area contributed by atoms with E-state index in [1.165, 1.54) is 19.1 Å². The number of esters is 1. The van der Waals surface area contributed by atoms with E-state index in [1.54, 1.807) is 9.13 Å². The third-order valence-electron chi connectivity index (χ3n) is 7.63. The fraction of sp³-hybridized carbons (Fsp3) is 0.500. The number of carbonyl (C=O) groups is 2. The topological polar surface area (TPSA) is 93.3 Å². The number of aromatic nitrogens is 2. The number of alkyl halides is 3. The van der Waals surface area contributed by atoms with E-state index in [9.17, 15) is 22.8 Å². The first kappa shape index (κ1) is 32.5. The molecule has 1 aromatic heterocycles. The van der Waals surface area contributed by atoms with E-state index < -0.39 is 41.9 Å². The number of fused-ring (bicyclic) bond motifs is 1. The standard InChI is InChI=1S/C30H37BF3N3O6/c1-7-15-40-19-37-25-18-23(31-42-28(3,4)29(5,6)43-31)12-13-24(25)36(14-9-16-41-20(2)38)27(37)35-26(39)21-10-8-11-22(17-21)30(32,33)34/h8,10-13,17-18H,7,9,14-16,19H2,1-6H3. The molecule has 3 aromatic rings. The van der Waals surface area contributed by atoms with E-state index in [1.807, 2.05) is 52.8 Å². The molecule has 4 rings (SSSR count). The normalized spacial score (nSPS) is 16.7. The highest BCUT2D eigenvalue weighted by Crippen LogP contribution is 2.36. The van der Waals surface area contributed by atoms with E-state index in [0.717, 1.165) is 24.0 Å². The first-order valence-electron chi connectivity index (χ1n) is 14.2. The number of nitrogens with zero attached hydrogens (tertiary/aromatic N) is 3. The van der Waals surface area contributed by atoms with Crippen LogP contribution in [0.3, 0.4) is 0 Å². The second-order valence-corrected chi connectivity index (χ2v) is 11.4. The number of imidazole rings is 1. The van der Waals surface area contributed by atoms with E-state index >= 15 is 0 Å². The van der Waals surface area contributed by atoms with Crippen LogP contribution in [0.25, 0.3) is 11.0 Å². The van der Waals surface area contributed by atoms with Gasteiger partial charge in [0.1, 0.15) is 6.73 Å². The molecule has 1 fully saturated rings. The predicted molar refractivity (Wildman–Crippen MR) is 154 cm³/mol. The summed E-state index contributed by atoms with van der Waals surface area (Å²) in [5, 5.41) is 0. The monoisotopic (exact) mass is 603 g/mol. The summed E-state index contributed by atoms with van der Waals surface area (Å²) in [7, 11) is -0.654. The molecule has 232 valence electrons. The van der Waals surface area contributed by atoms with Crippen LogP contribution in [-0.2, 0) is 43.0 Å². The van der Waals surface area contributed by atoms with Gasteiger partial charge in [-0.25, -0.2) is 0 Å². The molecule has 0 saturated carbocycles. The van der Waals surface area contributed by atoms with E-state index in [4.69, 9.17) is 18.8 Å². The van der Waals surface area contributed by atoms with Crippen LogP contribution < -0.4 is 11.1 Å². The minimum atomic E-state index is -4.61. The maximum absolute atomic E-state index is 13.4. The molecule has 0 radical (unpaired) electrons. The minimum Gasteiger partial charge on any atom is -0.466 e. The molecule has 2 aromatic carbocycles. The Hall–Kier alpha value is -3.42. The fourth-order valence-electron chi connectivity index (χ4n) is 4.66. The van der Waals surface area contributed by atoms with Crippen molar-refractivity contribution >= 4 is 35.5 Å². The van der Waals surface area contributed by atoms with Crippen LogP contribution in [0.1, 0.15) is 70.3 Å². The largest absolute Gasteiger partial charge is 0.494 e. The molecule has 13 heteroatoms. The molecule has 2 heterocycles. The maximum atomic E-state index is 13.4. The summed E-state index contributed by atoms with van der Waals surface area (Å²) in [4.78, 5) is 29.0. The first-order chi connectivity index (χ1) is 20.1. The van der Waals surface area contributed by atoms with Crippen molar-refractivity contribution in [2.75, 3.05) is 13.2 Å². The molecule has 0 bridgehead atoms. The van der Waals surface area contributed by atoms with Crippen LogP contribution in [0.2, 0.25) is 0 Å². The van der Waals surface area contributed by atoms with Gasteiger partial charge in [0.2, 0.25) is 5.62 Å². The molecule has 0 unspecified atom stereocenters. The lowest BCUT2D eigenvalue weighted by Crippen LogP contribution is -2.41. The van der Waals surface area contributed by atoms with Gasteiger partial charge in [0, 0.05) is 25.6 Å². The molecule has 0 N–H and O–H groups in total. The Morgan fingerprint density at radius 2 is 1.67 bits per heavy atom. The van der Waals surface area contributed by atoms with Gasteiger partial charge in [0.25, 0.3) is 5.91 Å². The van der Waals surface area contributed by atoms with Crippen molar-refractivity contribution in [1.29, 1.82) is 0 Å². The highest BCUT2D eigenvalue weighted by atomic mass is 19.4. The van der Waals surface area contributed by atoms with E-state index in [2.05, 4.69) is 4.99 Å². The van der Waals surface area contributed by atoms with Crippen LogP contribution >= 0.6 is 0 Å². The molecule has 0 aliphatic carbocycles. The van der Waals surface area contributed by atoms with Gasteiger partial charge >= 0.3 is 19.3 Å². The molecule has 1 aliphatic heterocycles. The quantitative estimate of drug-likeness (QED) is 0.187. The van der Waals surface area contributed by atoms with Gasteiger partial charge in [0.15, 0.2) is 0 Å². The fourth-order valence-corrected chi connectivity index (χ4v) is 4.66. The van der Waals surface area contributed by atoms with Gasteiger partial charge in [-0.1, -0.05) is 19.1 Å². The molecule has 1 amide bonds. The molecular formula is C30H37BF3N3O6. The Kier molecular flexibility index (Phi) is 9.58. The maximum Gasteiger partial charge on any atom is 0.494 e. The Labute approximate surface area is 248 Å². The summed E-state index contributed by atoms with van der Waals surface area (Å²) in [6, 6.07) is 9.75. The summed E-state index contributed by atoms with van der Waals surface area (Å²) in [5.41, 5.74) is 0.00342. The van der Waals surface area contributed by atoms with Crippen molar-refractivity contribution in [3.05, 3.63) is 59.2 Å². The highest BCUT2D eigenvalue weighted by Gasteiger charge is 2.51. The summed E-state index contributed by atoms with van der Waals surface area (Å²) in [5.74, 6) is -1.26. The lowest BCUT2D eigenvalue weighted by molar-refractivity contribution is -0.141. The van der Waals surface area contributed by atoms with Crippen molar-refractivity contribution in [2.45, 2.75) is 85.0 Å². The van der Waals surface area contributed by atoms with Gasteiger partial charge in [-0.05, 0) is 76.3 Å². The molecule has 1 saturated heterocycles. The first-order valence-corrected chi connectivity index (χ1v) is 14.2. The summed E-state index contributed by atoms with van der Waals surface area (Å²) < 4.78 is 67.0. The number of hydrogen-bond donors (Lipinski definition) is 0. The van der Waals surface area contributed by atoms with E-state index in [-0.39, 0.29) is 24.5 Å². The number of halogens is 3. The Morgan fingerprint density at radius 1 is 0.977 bits per heavy atom. The van der Waals surface area contributed by atoms with E-state index in [0.29, 0.717) is 30.6 Å². The second kappa shape index (κ2) is 12.7. The van der Waals surface area contributed by atoms with Crippen LogP contribution in [0.15, 0.2) is 47.5 Å². The van der Waals surface area contributed by atoms with Crippen molar-refractivity contribution < 1.29 is 41.5 Å². The third kappa shape index (κ3) is 7.22. The van der Waals surface area contributed by atoms with Crippen LogP contribution in [-0.4, -0.2) is 52.5 Å². The summed E-state index contributed by atoms with van der Waals surface area (Å²) >= 11 is 0. The molecular weight excluding hydrogens is 566 g/mol. The molecule has 0 spiro atoms. The van der Waals surface area contributed by atoms with Gasteiger partial charge in [-0.2, -0.15) is 18.2 Å². The Morgan fingerprint density at radius 3 is 2.30 bits per heavy atom. The lowest BCUT2D eigenvalue weighted by atomic mass is 9.79. The van der Waals surface area contributed by atoms with Crippen molar-refractivity contribution in [2.24, 2.45) is 4.99 Å². The summed E-state index contributed by atoms with van der Waals surface area (Å²) in [6.07, 6.45) is -3.46. The second-order valence-electron chi connectivity index (χ2n) is 11.4. The zero-order chi connectivity index (χ0) is 31.6. The van der Waals surface area contributed by atoms with Gasteiger partial charge < -0.3 is 23.3 Å². The molecule has 43 heavy (non-hydrogen) atoms. The van der Waals surface area contributed by atoms with Crippen molar-refractivity contribution in [3.63, 3.8) is 0 Å². The number of ether oxygens (including phenoxy) is 2. The van der Waals surface area contributed by atoms with Gasteiger partial charge in [-0.3, -0.25) is 14.2 Å². The zero-order valence-electron chi connectivity index (χ0n) is 25.3. The predicted octanol–water partition coefficient (Wildman–Crippen LogP) is 4.84. The zero-order valence-corrected chi connectivity index (χ0v) is 25.3. The Bertz CT molecular complexity index is 1540. The lowest BCUT2D eigenvalue weighted by Gasteiger charge is -2.32. The van der Waals surface area contributed by atoms with Crippen LogP contribution in [0, 0.1) is 0 Å². The molecule has 9 nitrogen and oxygen atoms in total. The summed E-state index contributed by atoms with van der Waals surface area (Å²) in [6.45, 7) is 12.0. The Balaban J connectivity index is 1.87. The number of hydrogen-bond acceptors (Lipinski definition) is 6. The average molecular weight is 603 g/mol. The molecule has 0 atom stereocenters. The van der Waals surface area contributed by atoms with Gasteiger partial charge in [0.05, 0.1) is 34.4 Å².